The van der Waals surface area contributed by atoms with Gasteiger partial charge in [0.05, 0.1) is 6.20 Å². The summed E-state index contributed by atoms with van der Waals surface area (Å²) in [7, 11) is 0. The Bertz CT molecular complexity index is 429. The minimum Gasteiger partial charge on any atom is -0.353 e. The third-order valence-electron chi connectivity index (χ3n) is 1.82. The number of anilines is 1. The summed E-state index contributed by atoms with van der Waals surface area (Å²) in [5.41, 5.74) is 0.960. The summed E-state index contributed by atoms with van der Waals surface area (Å²) < 4.78 is 0. The molecule has 0 unspecified atom stereocenters. The van der Waals surface area contributed by atoms with Crippen molar-refractivity contribution in [3.8, 4) is 0 Å². The summed E-state index contributed by atoms with van der Waals surface area (Å²) in [6, 6.07) is 1.87. The van der Waals surface area contributed by atoms with Gasteiger partial charge in [0.25, 0.3) is 0 Å². The average molecular weight is 236 g/mol. The minimum atomic E-state index is 0.667. The van der Waals surface area contributed by atoms with Crippen LogP contribution in [0.5, 0.6) is 0 Å². The van der Waals surface area contributed by atoms with Gasteiger partial charge in [-0.25, -0.2) is 9.97 Å². The van der Waals surface area contributed by atoms with E-state index in [2.05, 4.69) is 30.7 Å². The van der Waals surface area contributed by atoms with Crippen LogP contribution in [0.2, 0.25) is 0 Å². The molecule has 2 aromatic rings. The molecule has 7 heteroatoms. The van der Waals surface area contributed by atoms with Crippen molar-refractivity contribution >= 4 is 17.7 Å². The van der Waals surface area contributed by atoms with Crippen molar-refractivity contribution in [3.05, 3.63) is 24.2 Å². The zero-order valence-electron chi connectivity index (χ0n) is 8.84. The van der Waals surface area contributed by atoms with E-state index in [1.165, 1.54) is 0 Å². The number of nitrogens with one attached hydrogen (secondary N) is 2. The van der Waals surface area contributed by atoms with Gasteiger partial charge in [0.15, 0.2) is 0 Å². The van der Waals surface area contributed by atoms with E-state index in [1.807, 2.05) is 13.0 Å². The van der Waals surface area contributed by atoms with E-state index in [0.717, 1.165) is 23.0 Å². The summed E-state index contributed by atoms with van der Waals surface area (Å²) in [4.78, 5) is 8.35. The molecule has 0 fully saturated rings. The van der Waals surface area contributed by atoms with Crippen LogP contribution in [-0.2, 0) is 0 Å². The fraction of sp³-hybridized carbons (Fsp3) is 0.333. The van der Waals surface area contributed by atoms with Gasteiger partial charge in [-0.15, -0.1) is 16.9 Å². The lowest BCUT2D eigenvalue weighted by Gasteiger charge is -2.03. The molecule has 0 atom stereocenters. The van der Waals surface area contributed by atoms with Gasteiger partial charge in [-0.05, 0) is 13.0 Å². The maximum absolute atomic E-state index is 4.24. The van der Waals surface area contributed by atoms with Crippen LogP contribution in [0.25, 0.3) is 0 Å². The van der Waals surface area contributed by atoms with E-state index in [-0.39, 0.29) is 0 Å². The predicted octanol–water partition coefficient (Wildman–Crippen LogP) is 1.11. The van der Waals surface area contributed by atoms with Crippen molar-refractivity contribution in [1.29, 1.82) is 0 Å². The lowest BCUT2D eigenvalue weighted by molar-refractivity contribution is 0.911. The van der Waals surface area contributed by atoms with Crippen LogP contribution < -0.4 is 5.32 Å². The highest BCUT2D eigenvalue weighted by molar-refractivity contribution is 7.99. The van der Waals surface area contributed by atoms with Crippen molar-refractivity contribution < 1.29 is 0 Å². The Balaban J connectivity index is 1.72. The number of hydrogen-bond donors (Lipinski definition) is 2. The molecule has 2 rings (SSSR count). The molecule has 0 aliphatic heterocycles. The number of aromatic nitrogens is 5. The molecule has 2 aromatic heterocycles. The third kappa shape index (κ3) is 3.20. The number of nitrogens with zero attached hydrogens (tertiary/aromatic N) is 4. The Kier molecular flexibility index (Phi) is 3.71. The van der Waals surface area contributed by atoms with Gasteiger partial charge >= 0.3 is 0 Å². The zero-order valence-corrected chi connectivity index (χ0v) is 9.66. The van der Waals surface area contributed by atoms with Gasteiger partial charge in [0.2, 0.25) is 5.95 Å². The van der Waals surface area contributed by atoms with Crippen LogP contribution in [-0.4, -0.2) is 37.7 Å². The quantitative estimate of drug-likeness (QED) is 0.598. The summed E-state index contributed by atoms with van der Waals surface area (Å²) >= 11 is 1.63. The van der Waals surface area contributed by atoms with Crippen molar-refractivity contribution in [1.82, 2.24) is 25.4 Å². The van der Waals surface area contributed by atoms with E-state index in [4.69, 9.17) is 0 Å². The van der Waals surface area contributed by atoms with Crippen LogP contribution in [0.3, 0.4) is 0 Å². The summed E-state index contributed by atoms with van der Waals surface area (Å²) in [5, 5.41) is 14.3. The number of thioether (sulfide) groups is 1. The maximum atomic E-state index is 4.24. The number of hydrogen-bond acceptors (Lipinski definition) is 6. The SMILES string of the molecule is Cc1ccnc(NCCSc2cn[nH]n2)n1. The highest BCUT2D eigenvalue weighted by Gasteiger charge is 1.98. The third-order valence-corrected chi connectivity index (χ3v) is 2.72. The van der Waals surface area contributed by atoms with Crippen molar-refractivity contribution in [2.45, 2.75) is 11.9 Å². The molecule has 2 N–H and O–H groups in total. The number of aromatic amines is 1. The van der Waals surface area contributed by atoms with Crippen LogP contribution in [0, 0.1) is 6.92 Å². The first-order valence-electron chi connectivity index (χ1n) is 4.87. The van der Waals surface area contributed by atoms with Gasteiger partial charge < -0.3 is 5.32 Å². The molecule has 84 valence electrons. The van der Waals surface area contributed by atoms with Crippen molar-refractivity contribution in [2.24, 2.45) is 0 Å². The van der Waals surface area contributed by atoms with E-state index < -0.39 is 0 Å². The average Bonchev–Trinajstić information content (AvgIpc) is 2.77. The van der Waals surface area contributed by atoms with Gasteiger partial charge in [-0.2, -0.15) is 10.3 Å². The molecular weight excluding hydrogens is 224 g/mol. The monoisotopic (exact) mass is 236 g/mol. The van der Waals surface area contributed by atoms with E-state index in [0.29, 0.717) is 5.95 Å². The first kappa shape index (κ1) is 10.9. The molecule has 0 spiro atoms. The smallest absolute Gasteiger partial charge is 0.222 e. The molecular formula is C9H12N6S. The van der Waals surface area contributed by atoms with Gasteiger partial charge in [0, 0.05) is 24.2 Å². The second-order valence-corrected chi connectivity index (χ2v) is 4.22. The molecule has 16 heavy (non-hydrogen) atoms. The largest absolute Gasteiger partial charge is 0.353 e. The van der Waals surface area contributed by atoms with E-state index >= 15 is 0 Å². The Morgan fingerprint density at radius 3 is 3.19 bits per heavy atom. The second kappa shape index (κ2) is 5.45. The van der Waals surface area contributed by atoms with Crippen LogP contribution in [0.4, 0.5) is 5.95 Å². The predicted molar refractivity (Wildman–Crippen MR) is 62.4 cm³/mol. The second-order valence-electron chi connectivity index (χ2n) is 3.11. The Labute approximate surface area is 97.3 Å². The van der Waals surface area contributed by atoms with Crippen LogP contribution in [0.1, 0.15) is 5.69 Å². The van der Waals surface area contributed by atoms with E-state index in [1.54, 1.807) is 24.2 Å². The molecule has 0 radical (unpaired) electrons. The summed E-state index contributed by atoms with van der Waals surface area (Å²) in [5.74, 6) is 1.56. The Hall–Kier alpha value is -1.63. The van der Waals surface area contributed by atoms with E-state index in [9.17, 15) is 0 Å². The highest BCUT2D eigenvalue weighted by Crippen LogP contribution is 2.11. The topological polar surface area (TPSA) is 79.4 Å². The first-order chi connectivity index (χ1) is 7.84. The number of aryl methyl sites for hydroxylation is 1. The van der Waals surface area contributed by atoms with Gasteiger partial charge in [0.1, 0.15) is 5.03 Å². The van der Waals surface area contributed by atoms with Gasteiger partial charge in [-0.3, -0.25) is 0 Å². The molecule has 2 heterocycles. The normalized spacial score (nSPS) is 10.3. The Morgan fingerprint density at radius 1 is 1.50 bits per heavy atom. The van der Waals surface area contributed by atoms with Crippen LogP contribution >= 0.6 is 11.8 Å². The zero-order chi connectivity index (χ0) is 11.2. The number of H-pyrrole nitrogens is 1. The summed E-state index contributed by atoms with van der Waals surface area (Å²) in [6.07, 6.45) is 3.45. The molecule has 0 aromatic carbocycles. The first-order valence-corrected chi connectivity index (χ1v) is 5.85. The van der Waals surface area contributed by atoms with Gasteiger partial charge in [-0.1, -0.05) is 0 Å². The molecule has 0 amide bonds. The van der Waals surface area contributed by atoms with Crippen molar-refractivity contribution in [2.75, 3.05) is 17.6 Å². The fourth-order valence-electron chi connectivity index (χ4n) is 1.11. The molecule has 0 saturated carbocycles. The number of rotatable bonds is 5. The molecule has 0 saturated heterocycles. The lowest BCUT2D eigenvalue weighted by Crippen LogP contribution is -2.07. The Morgan fingerprint density at radius 2 is 2.44 bits per heavy atom. The van der Waals surface area contributed by atoms with Crippen molar-refractivity contribution in [3.63, 3.8) is 0 Å². The maximum Gasteiger partial charge on any atom is 0.222 e. The standard InChI is InChI=1S/C9H12N6S/c1-7-2-3-10-9(13-7)11-4-5-16-8-6-12-15-14-8/h2-3,6H,4-5H2,1H3,(H,10,11,13)(H,12,14,15). The summed E-state index contributed by atoms with van der Waals surface area (Å²) in [6.45, 7) is 2.73. The highest BCUT2D eigenvalue weighted by atomic mass is 32.2. The molecule has 0 aliphatic rings. The molecule has 0 aliphatic carbocycles. The molecule has 6 nitrogen and oxygen atoms in total. The minimum absolute atomic E-state index is 0.667. The lowest BCUT2D eigenvalue weighted by atomic mass is 10.5. The fourth-order valence-corrected chi connectivity index (χ4v) is 1.76. The van der Waals surface area contributed by atoms with Crippen LogP contribution in [0.15, 0.2) is 23.5 Å². The molecule has 0 bridgehead atoms.